The maximum Gasteiger partial charge on any atom is 0.416 e. The van der Waals surface area contributed by atoms with Crippen LogP contribution in [-0.2, 0) is 15.8 Å². The predicted octanol–water partition coefficient (Wildman–Crippen LogP) is 4.39. The Morgan fingerprint density at radius 3 is 2.54 bits per heavy atom. The summed E-state index contributed by atoms with van der Waals surface area (Å²) in [5.41, 5.74) is -0.310. The van der Waals surface area contributed by atoms with Gasteiger partial charge in [0.05, 0.1) is 22.8 Å². The van der Waals surface area contributed by atoms with E-state index >= 15 is 0 Å². The molecule has 0 radical (unpaired) electrons. The van der Waals surface area contributed by atoms with Crippen molar-refractivity contribution in [3.05, 3.63) is 65.1 Å². The molecule has 0 aliphatic carbocycles. The number of hydrogen-bond acceptors (Lipinski definition) is 4. The van der Waals surface area contributed by atoms with Crippen molar-refractivity contribution in [1.82, 2.24) is 25.7 Å². The Labute approximate surface area is 233 Å². The van der Waals surface area contributed by atoms with E-state index in [0.717, 1.165) is 16.5 Å². The molecule has 0 saturated carbocycles. The predicted molar refractivity (Wildman–Crippen MR) is 142 cm³/mol. The minimum Gasteiger partial charge on any atom is -0.355 e. The third kappa shape index (κ3) is 5.64. The van der Waals surface area contributed by atoms with Crippen molar-refractivity contribution in [2.75, 3.05) is 19.6 Å². The van der Waals surface area contributed by atoms with Gasteiger partial charge in [-0.1, -0.05) is 19.9 Å². The van der Waals surface area contributed by atoms with Crippen LogP contribution in [0.3, 0.4) is 0 Å². The summed E-state index contributed by atoms with van der Waals surface area (Å²) < 4.78 is 53.8. The van der Waals surface area contributed by atoms with Crippen LogP contribution < -0.4 is 10.6 Å². The summed E-state index contributed by atoms with van der Waals surface area (Å²) in [4.78, 5) is 40.6. The molecule has 2 fully saturated rings. The quantitative estimate of drug-likeness (QED) is 0.394. The lowest BCUT2D eigenvalue weighted by atomic mass is 9.62. The van der Waals surface area contributed by atoms with Crippen LogP contribution in [0.5, 0.6) is 0 Å². The third-order valence-electron chi connectivity index (χ3n) is 8.45. The number of H-pyrrole nitrogens is 1. The van der Waals surface area contributed by atoms with Crippen LogP contribution in [-0.4, -0.2) is 58.5 Å². The molecule has 2 aliphatic rings. The number of piperidine rings is 2. The standard InChI is InChI=1S/C29H31F4N5O3/c1-16(2)25(36-26(40)20-12-19(29(31,32)33)4-5-22(20)30)27(41)38-9-7-28(8-10-38)13-24(39)34-15-21(28)17-3-6-23-18(11-17)14-35-37-23/h3-6,11-12,14,16,21,25H,7-10,13,15H2,1-2H3,(H,34,39)(H,35,37)(H,36,40)/t21?,25-/m1/s1. The molecule has 2 saturated heterocycles. The van der Waals surface area contributed by atoms with Crippen molar-refractivity contribution in [1.29, 1.82) is 0 Å². The molecule has 2 aromatic carbocycles. The number of benzene rings is 2. The zero-order valence-electron chi connectivity index (χ0n) is 22.6. The Kier molecular flexibility index (Phi) is 7.52. The number of alkyl halides is 3. The first kappa shape index (κ1) is 28.6. The molecule has 2 atom stereocenters. The summed E-state index contributed by atoms with van der Waals surface area (Å²) in [6, 6.07) is 6.59. The maximum absolute atomic E-state index is 14.3. The van der Waals surface area contributed by atoms with Gasteiger partial charge in [-0.05, 0) is 60.1 Å². The van der Waals surface area contributed by atoms with Gasteiger partial charge in [0.1, 0.15) is 11.9 Å². The smallest absolute Gasteiger partial charge is 0.355 e. The van der Waals surface area contributed by atoms with E-state index in [1.165, 1.54) is 0 Å². The van der Waals surface area contributed by atoms with Gasteiger partial charge in [0.2, 0.25) is 11.8 Å². The lowest BCUT2D eigenvalue weighted by Crippen LogP contribution is -2.57. The van der Waals surface area contributed by atoms with Crippen LogP contribution >= 0.6 is 0 Å². The van der Waals surface area contributed by atoms with Crippen LogP contribution in [0.25, 0.3) is 10.9 Å². The molecule has 5 rings (SSSR count). The first-order chi connectivity index (χ1) is 19.4. The van der Waals surface area contributed by atoms with E-state index in [-0.39, 0.29) is 17.2 Å². The van der Waals surface area contributed by atoms with Crippen LogP contribution in [0.1, 0.15) is 60.5 Å². The average Bonchev–Trinajstić information content (AvgIpc) is 3.39. The fraction of sp³-hybridized carbons (Fsp3) is 0.448. The Hall–Kier alpha value is -3.96. The topological polar surface area (TPSA) is 107 Å². The number of fused-ring (bicyclic) bond motifs is 1. The van der Waals surface area contributed by atoms with Crippen molar-refractivity contribution in [2.24, 2.45) is 11.3 Å². The zero-order chi connectivity index (χ0) is 29.5. The number of aromatic nitrogens is 2. The van der Waals surface area contributed by atoms with Crippen LogP contribution in [0.4, 0.5) is 17.6 Å². The number of carbonyl (C=O) groups is 3. The number of amides is 3. The summed E-state index contributed by atoms with van der Waals surface area (Å²) in [7, 11) is 0. The van der Waals surface area contributed by atoms with E-state index in [1.54, 1.807) is 24.9 Å². The molecule has 8 nitrogen and oxygen atoms in total. The monoisotopic (exact) mass is 573 g/mol. The third-order valence-corrected chi connectivity index (χ3v) is 8.45. The fourth-order valence-electron chi connectivity index (χ4n) is 6.09. The summed E-state index contributed by atoms with van der Waals surface area (Å²) in [6.45, 7) is 4.55. The second-order valence-corrected chi connectivity index (χ2v) is 11.3. The fourth-order valence-corrected chi connectivity index (χ4v) is 6.09. The van der Waals surface area contributed by atoms with Gasteiger partial charge in [-0.2, -0.15) is 18.3 Å². The summed E-state index contributed by atoms with van der Waals surface area (Å²) >= 11 is 0. The van der Waals surface area contributed by atoms with E-state index in [9.17, 15) is 31.9 Å². The lowest BCUT2D eigenvalue weighted by Gasteiger charge is -2.49. The highest BCUT2D eigenvalue weighted by Gasteiger charge is 2.47. The normalized spacial score (nSPS) is 19.8. The Balaban J connectivity index is 1.32. The van der Waals surface area contributed by atoms with Crippen LogP contribution in [0, 0.1) is 17.2 Å². The van der Waals surface area contributed by atoms with E-state index < -0.39 is 46.9 Å². The van der Waals surface area contributed by atoms with Gasteiger partial charge in [0.15, 0.2) is 0 Å². The largest absolute Gasteiger partial charge is 0.416 e. The van der Waals surface area contributed by atoms with Gasteiger partial charge in [-0.3, -0.25) is 19.5 Å². The highest BCUT2D eigenvalue weighted by molar-refractivity contribution is 5.98. The molecule has 1 unspecified atom stereocenters. The van der Waals surface area contributed by atoms with Gasteiger partial charge in [0, 0.05) is 37.4 Å². The number of likely N-dealkylation sites (tertiary alicyclic amines) is 1. The number of rotatable bonds is 5. The number of hydrogen-bond donors (Lipinski definition) is 3. The molecule has 3 N–H and O–H groups in total. The summed E-state index contributed by atoms with van der Waals surface area (Å²) in [5, 5.41) is 13.4. The zero-order valence-corrected chi connectivity index (χ0v) is 22.6. The van der Waals surface area contributed by atoms with Crippen molar-refractivity contribution in [3.63, 3.8) is 0 Å². The molecule has 2 aliphatic heterocycles. The van der Waals surface area contributed by atoms with E-state index in [1.807, 2.05) is 12.1 Å². The Morgan fingerprint density at radius 2 is 1.85 bits per heavy atom. The number of nitrogens with zero attached hydrogens (tertiary/aromatic N) is 2. The van der Waals surface area contributed by atoms with Gasteiger partial charge in [0.25, 0.3) is 5.91 Å². The molecule has 41 heavy (non-hydrogen) atoms. The molecule has 1 spiro atoms. The molecular formula is C29H31F4N5O3. The van der Waals surface area contributed by atoms with E-state index in [0.29, 0.717) is 57.1 Å². The van der Waals surface area contributed by atoms with E-state index in [2.05, 4.69) is 26.9 Å². The molecule has 12 heteroatoms. The Bertz CT molecular complexity index is 1480. The lowest BCUT2D eigenvalue weighted by molar-refractivity contribution is -0.139. The maximum atomic E-state index is 14.3. The first-order valence-electron chi connectivity index (χ1n) is 13.5. The number of halogens is 4. The van der Waals surface area contributed by atoms with Crippen LogP contribution in [0.15, 0.2) is 42.6 Å². The first-order valence-corrected chi connectivity index (χ1v) is 13.5. The Morgan fingerprint density at radius 1 is 1.12 bits per heavy atom. The summed E-state index contributed by atoms with van der Waals surface area (Å²) in [6.07, 6.45) is -1.57. The summed E-state index contributed by atoms with van der Waals surface area (Å²) in [5.74, 6) is -3.02. The van der Waals surface area contributed by atoms with Gasteiger partial charge in [-0.25, -0.2) is 4.39 Å². The highest BCUT2D eigenvalue weighted by Crippen LogP contribution is 2.49. The van der Waals surface area contributed by atoms with Crippen LogP contribution in [0.2, 0.25) is 0 Å². The van der Waals surface area contributed by atoms with Gasteiger partial charge in [-0.15, -0.1) is 0 Å². The van der Waals surface area contributed by atoms with E-state index in [4.69, 9.17) is 0 Å². The van der Waals surface area contributed by atoms with Crippen molar-refractivity contribution < 1.29 is 31.9 Å². The molecular weight excluding hydrogens is 542 g/mol. The van der Waals surface area contributed by atoms with Crippen molar-refractivity contribution >= 4 is 28.6 Å². The molecule has 3 heterocycles. The molecule has 3 aromatic rings. The van der Waals surface area contributed by atoms with Gasteiger partial charge < -0.3 is 15.5 Å². The number of carbonyl (C=O) groups excluding carboxylic acids is 3. The second-order valence-electron chi connectivity index (χ2n) is 11.3. The molecule has 0 bridgehead atoms. The van der Waals surface area contributed by atoms with Gasteiger partial charge >= 0.3 is 6.18 Å². The molecule has 218 valence electrons. The van der Waals surface area contributed by atoms with Crippen molar-refractivity contribution in [3.8, 4) is 0 Å². The molecule has 1 aromatic heterocycles. The number of aromatic amines is 1. The minimum absolute atomic E-state index is 0.0289. The highest BCUT2D eigenvalue weighted by atomic mass is 19.4. The second kappa shape index (κ2) is 10.8. The van der Waals surface area contributed by atoms with Crippen molar-refractivity contribution in [2.45, 2.75) is 51.2 Å². The number of nitrogens with one attached hydrogen (secondary N) is 3. The average molecular weight is 574 g/mol. The minimum atomic E-state index is -4.75. The molecule has 3 amide bonds. The SMILES string of the molecule is CC(C)[C@@H](NC(=O)c1cc(C(F)(F)F)ccc1F)C(=O)N1CCC2(CC1)CC(=O)NCC2c1ccc2[nH]ncc2c1.